The minimum absolute atomic E-state index is 0.0884. The van der Waals surface area contributed by atoms with Crippen LogP contribution in [0.1, 0.15) is 22.0 Å². The first-order chi connectivity index (χ1) is 7.66. The van der Waals surface area contributed by atoms with Crippen molar-refractivity contribution in [3.63, 3.8) is 0 Å². The van der Waals surface area contributed by atoms with E-state index in [2.05, 4.69) is 58.6 Å². The first-order valence-corrected chi connectivity index (χ1v) is 6.88. The first-order valence-electron chi connectivity index (χ1n) is 5.21. The third-order valence-electron chi connectivity index (χ3n) is 2.61. The van der Waals surface area contributed by atoms with Crippen LogP contribution in [0.3, 0.4) is 0 Å². The highest BCUT2D eigenvalue weighted by molar-refractivity contribution is 9.10. The highest BCUT2D eigenvalue weighted by Crippen LogP contribution is 2.23. The zero-order valence-corrected chi connectivity index (χ0v) is 11.5. The fourth-order valence-electron chi connectivity index (χ4n) is 1.66. The van der Waals surface area contributed by atoms with Gasteiger partial charge in [0.1, 0.15) is 0 Å². The van der Waals surface area contributed by atoms with Gasteiger partial charge in [0.05, 0.1) is 0 Å². The third-order valence-corrected chi connectivity index (χ3v) is 4.40. The average molecular weight is 296 g/mol. The molecule has 1 heterocycles. The molecule has 0 bridgehead atoms. The minimum Gasteiger partial charge on any atom is -0.324 e. The summed E-state index contributed by atoms with van der Waals surface area (Å²) in [6.45, 7) is 2.09. The van der Waals surface area contributed by atoms with Crippen LogP contribution < -0.4 is 5.73 Å². The zero-order valence-electron chi connectivity index (χ0n) is 9.11. The van der Waals surface area contributed by atoms with E-state index >= 15 is 0 Å². The van der Waals surface area contributed by atoms with Crippen molar-refractivity contribution in [3.05, 3.63) is 56.2 Å². The van der Waals surface area contributed by atoms with Crippen molar-refractivity contribution >= 4 is 27.3 Å². The molecule has 1 unspecified atom stereocenters. The Bertz CT molecular complexity index is 465. The van der Waals surface area contributed by atoms with Crippen LogP contribution in [-0.2, 0) is 6.42 Å². The molecule has 1 atom stereocenters. The molecule has 2 N–H and O–H groups in total. The summed E-state index contributed by atoms with van der Waals surface area (Å²) in [5.74, 6) is 0. The second-order valence-electron chi connectivity index (χ2n) is 3.90. The topological polar surface area (TPSA) is 26.0 Å². The van der Waals surface area contributed by atoms with Crippen molar-refractivity contribution in [1.29, 1.82) is 0 Å². The van der Waals surface area contributed by atoms with Crippen LogP contribution in [0.4, 0.5) is 0 Å². The summed E-state index contributed by atoms with van der Waals surface area (Å²) in [7, 11) is 0. The maximum absolute atomic E-state index is 6.20. The van der Waals surface area contributed by atoms with Crippen LogP contribution in [0.15, 0.2) is 40.2 Å². The van der Waals surface area contributed by atoms with Crippen molar-refractivity contribution < 1.29 is 0 Å². The normalized spacial score (nSPS) is 12.7. The maximum atomic E-state index is 6.20. The van der Waals surface area contributed by atoms with Gasteiger partial charge in [0.2, 0.25) is 0 Å². The smallest absolute Gasteiger partial charge is 0.0343 e. The Morgan fingerprint density at radius 1 is 1.38 bits per heavy atom. The number of halogens is 1. The van der Waals surface area contributed by atoms with Gasteiger partial charge < -0.3 is 5.73 Å². The molecule has 0 fully saturated rings. The quantitative estimate of drug-likeness (QED) is 0.908. The number of hydrogen-bond acceptors (Lipinski definition) is 2. The van der Waals surface area contributed by atoms with Crippen LogP contribution in [-0.4, -0.2) is 0 Å². The van der Waals surface area contributed by atoms with Gasteiger partial charge in [-0.3, -0.25) is 0 Å². The van der Waals surface area contributed by atoms with E-state index in [-0.39, 0.29) is 6.04 Å². The maximum Gasteiger partial charge on any atom is 0.0343 e. The molecular formula is C13H14BrNS. The molecule has 1 nitrogen and oxygen atoms in total. The summed E-state index contributed by atoms with van der Waals surface area (Å²) in [5, 5.41) is 2.09. The molecule has 0 saturated carbocycles. The molecule has 3 heteroatoms. The second kappa shape index (κ2) is 5.13. The Morgan fingerprint density at radius 2 is 2.19 bits per heavy atom. The van der Waals surface area contributed by atoms with E-state index < -0.39 is 0 Å². The molecule has 0 radical (unpaired) electrons. The lowest BCUT2D eigenvalue weighted by molar-refractivity contribution is 0.729. The molecule has 0 spiro atoms. The lowest BCUT2D eigenvalue weighted by atomic mass is 10.0. The molecule has 0 saturated heterocycles. The Balaban J connectivity index is 2.14. The Hall–Kier alpha value is -0.640. The zero-order chi connectivity index (χ0) is 11.5. The molecular weight excluding hydrogens is 282 g/mol. The van der Waals surface area contributed by atoms with Crippen molar-refractivity contribution in [1.82, 2.24) is 0 Å². The summed E-state index contributed by atoms with van der Waals surface area (Å²) in [5.41, 5.74) is 8.63. The highest BCUT2D eigenvalue weighted by atomic mass is 79.9. The lowest BCUT2D eigenvalue weighted by Gasteiger charge is -2.12. The molecule has 2 aromatic rings. The van der Waals surface area contributed by atoms with E-state index in [0.717, 1.165) is 10.9 Å². The van der Waals surface area contributed by atoms with E-state index in [9.17, 15) is 0 Å². The fraction of sp³-hybridized carbons (Fsp3) is 0.231. The monoisotopic (exact) mass is 295 g/mol. The van der Waals surface area contributed by atoms with E-state index in [1.165, 1.54) is 16.0 Å². The van der Waals surface area contributed by atoms with Gasteiger partial charge in [0.15, 0.2) is 0 Å². The van der Waals surface area contributed by atoms with Gasteiger partial charge in [-0.25, -0.2) is 0 Å². The van der Waals surface area contributed by atoms with Crippen molar-refractivity contribution in [2.75, 3.05) is 0 Å². The number of thiophene rings is 1. The van der Waals surface area contributed by atoms with Gasteiger partial charge in [-0.1, -0.05) is 34.1 Å². The molecule has 1 aromatic carbocycles. The standard InChI is InChI=1S/C13H14BrNS/c1-9-7-10(4-5-12(9)14)13(15)8-11-3-2-6-16-11/h2-7,13H,8,15H2,1H3. The van der Waals surface area contributed by atoms with Crippen LogP contribution in [0.5, 0.6) is 0 Å². The predicted molar refractivity (Wildman–Crippen MR) is 73.8 cm³/mol. The van der Waals surface area contributed by atoms with Gasteiger partial charge >= 0.3 is 0 Å². The highest BCUT2D eigenvalue weighted by Gasteiger charge is 2.08. The summed E-state index contributed by atoms with van der Waals surface area (Å²) in [6.07, 6.45) is 0.915. The van der Waals surface area contributed by atoms with Crippen LogP contribution in [0.2, 0.25) is 0 Å². The SMILES string of the molecule is Cc1cc(C(N)Cc2cccs2)ccc1Br. The lowest BCUT2D eigenvalue weighted by Crippen LogP contribution is -2.12. The van der Waals surface area contributed by atoms with E-state index in [4.69, 9.17) is 5.73 Å². The van der Waals surface area contributed by atoms with Crippen molar-refractivity contribution in [2.45, 2.75) is 19.4 Å². The minimum atomic E-state index is 0.0884. The summed E-state index contributed by atoms with van der Waals surface area (Å²) < 4.78 is 1.14. The van der Waals surface area contributed by atoms with Gasteiger partial charge in [-0.2, -0.15) is 0 Å². The molecule has 1 aromatic heterocycles. The van der Waals surface area contributed by atoms with Crippen LogP contribution >= 0.6 is 27.3 Å². The largest absolute Gasteiger partial charge is 0.324 e. The second-order valence-corrected chi connectivity index (χ2v) is 5.79. The van der Waals surface area contributed by atoms with Gasteiger partial charge in [-0.15, -0.1) is 11.3 Å². The number of hydrogen-bond donors (Lipinski definition) is 1. The van der Waals surface area contributed by atoms with Gasteiger partial charge in [-0.05, 0) is 35.6 Å². The Kier molecular flexibility index (Phi) is 3.79. The van der Waals surface area contributed by atoms with Gasteiger partial charge in [0, 0.05) is 21.8 Å². The number of aryl methyl sites for hydroxylation is 1. The van der Waals surface area contributed by atoms with Crippen LogP contribution in [0.25, 0.3) is 0 Å². The summed E-state index contributed by atoms with van der Waals surface area (Å²) >= 11 is 5.26. The summed E-state index contributed by atoms with van der Waals surface area (Å²) in [4.78, 5) is 1.34. The third kappa shape index (κ3) is 2.73. The molecule has 84 valence electrons. The predicted octanol–water partition coefficient (Wildman–Crippen LogP) is 4.06. The number of benzene rings is 1. The number of rotatable bonds is 3. The van der Waals surface area contributed by atoms with Crippen molar-refractivity contribution in [2.24, 2.45) is 5.73 Å². The fourth-order valence-corrected chi connectivity index (χ4v) is 2.67. The van der Waals surface area contributed by atoms with E-state index in [0.29, 0.717) is 0 Å². The molecule has 0 aliphatic carbocycles. The molecule has 0 aliphatic heterocycles. The first kappa shape index (κ1) is 11.8. The molecule has 16 heavy (non-hydrogen) atoms. The average Bonchev–Trinajstić information content (AvgIpc) is 2.74. The Morgan fingerprint density at radius 3 is 2.81 bits per heavy atom. The molecule has 0 aliphatic rings. The molecule has 2 rings (SSSR count). The molecule has 0 amide bonds. The number of nitrogens with two attached hydrogens (primary N) is 1. The van der Waals surface area contributed by atoms with E-state index in [1.54, 1.807) is 11.3 Å². The van der Waals surface area contributed by atoms with Gasteiger partial charge in [0.25, 0.3) is 0 Å². The van der Waals surface area contributed by atoms with Crippen LogP contribution in [0, 0.1) is 6.92 Å². The Labute approximate surface area is 108 Å². The van der Waals surface area contributed by atoms with Crippen molar-refractivity contribution in [3.8, 4) is 0 Å². The summed E-state index contributed by atoms with van der Waals surface area (Å²) in [6, 6.07) is 10.6. The van der Waals surface area contributed by atoms with E-state index in [1.807, 2.05) is 0 Å².